The van der Waals surface area contributed by atoms with Crippen molar-refractivity contribution in [1.29, 1.82) is 0 Å². The van der Waals surface area contributed by atoms with Crippen molar-refractivity contribution in [2.45, 2.75) is 13.3 Å². The fourth-order valence-corrected chi connectivity index (χ4v) is 2.39. The summed E-state index contributed by atoms with van der Waals surface area (Å²) in [7, 11) is 0. The van der Waals surface area contributed by atoms with E-state index in [2.05, 4.69) is 35.1 Å². The molecule has 0 spiro atoms. The van der Waals surface area contributed by atoms with Crippen molar-refractivity contribution in [3.8, 4) is 0 Å². The lowest BCUT2D eigenvalue weighted by molar-refractivity contribution is 0.956. The molecule has 2 nitrogen and oxygen atoms in total. The molecule has 0 atom stereocenters. The van der Waals surface area contributed by atoms with Crippen LogP contribution in [0.5, 0.6) is 0 Å². The maximum absolute atomic E-state index is 5.34. The predicted octanol–water partition coefficient (Wildman–Crippen LogP) is 4.01. The summed E-state index contributed by atoms with van der Waals surface area (Å²) in [5.74, 6) is 0.943. The molecule has 1 heterocycles. The molecule has 0 radical (unpaired) electrons. The quantitative estimate of drug-likeness (QED) is 0.514. The molecule has 0 bridgehead atoms. The zero-order valence-corrected chi connectivity index (χ0v) is 10.3. The summed E-state index contributed by atoms with van der Waals surface area (Å²) in [4.78, 5) is 7.77. The van der Waals surface area contributed by atoms with Crippen molar-refractivity contribution in [2.24, 2.45) is 0 Å². The summed E-state index contributed by atoms with van der Waals surface area (Å²) in [6, 6.07) is 12.5. The van der Waals surface area contributed by atoms with Gasteiger partial charge in [-0.05, 0) is 11.5 Å². The number of nitrogens with zero attached hydrogens (tertiary/aromatic N) is 1. The Morgan fingerprint density at radius 3 is 2.76 bits per heavy atom. The van der Waals surface area contributed by atoms with E-state index in [-0.39, 0.29) is 0 Å². The Balaban J connectivity index is 2.56. The Labute approximate surface area is 104 Å². The van der Waals surface area contributed by atoms with Crippen molar-refractivity contribution in [1.82, 2.24) is 9.97 Å². The van der Waals surface area contributed by atoms with Crippen LogP contribution in [0.4, 0.5) is 0 Å². The SMILES string of the molecule is CCc1nc(=S)c2ccc3ccccc3c2[nH]1. The minimum atomic E-state index is 0.682. The Kier molecular flexibility index (Phi) is 2.41. The van der Waals surface area contributed by atoms with E-state index in [0.717, 1.165) is 23.1 Å². The number of hydrogen-bond donors (Lipinski definition) is 1. The van der Waals surface area contributed by atoms with Crippen molar-refractivity contribution in [3.05, 3.63) is 46.9 Å². The van der Waals surface area contributed by atoms with Gasteiger partial charge >= 0.3 is 0 Å². The van der Waals surface area contributed by atoms with Gasteiger partial charge in [-0.2, -0.15) is 0 Å². The summed E-state index contributed by atoms with van der Waals surface area (Å²) < 4.78 is 0.682. The molecule has 17 heavy (non-hydrogen) atoms. The van der Waals surface area contributed by atoms with E-state index in [1.165, 1.54) is 10.8 Å². The summed E-state index contributed by atoms with van der Waals surface area (Å²) in [5, 5.41) is 3.45. The second-order valence-corrected chi connectivity index (χ2v) is 4.44. The van der Waals surface area contributed by atoms with E-state index in [1.54, 1.807) is 0 Å². The number of benzene rings is 2. The number of aromatic nitrogens is 2. The summed E-state index contributed by atoms with van der Waals surface area (Å²) in [5.41, 5.74) is 1.10. The minimum Gasteiger partial charge on any atom is -0.343 e. The molecule has 84 valence electrons. The van der Waals surface area contributed by atoms with Gasteiger partial charge in [0.05, 0.1) is 5.52 Å². The van der Waals surface area contributed by atoms with Crippen LogP contribution in [0.25, 0.3) is 21.7 Å². The number of H-pyrrole nitrogens is 1. The van der Waals surface area contributed by atoms with E-state index in [1.807, 2.05) is 18.2 Å². The average Bonchev–Trinajstić information content (AvgIpc) is 2.38. The maximum atomic E-state index is 5.34. The number of nitrogens with one attached hydrogen (secondary N) is 1. The monoisotopic (exact) mass is 240 g/mol. The van der Waals surface area contributed by atoms with Gasteiger partial charge in [0.1, 0.15) is 10.5 Å². The van der Waals surface area contributed by atoms with Crippen LogP contribution in [-0.4, -0.2) is 9.97 Å². The van der Waals surface area contributed by atoms with Crippen molar-refractivity contribution in [3.63, 3.8) is 0 Å². The van der Waals surface area contributed by atoms with Crippen LogP contribution in [-0.2, 0) is 6.42 Å². The highest BCUT2D eigenvalue weighted by Crippen LogP contribution is 2.23. The van der Waals surface area contributed by atoms with Crippen molar-refractivity contribution < 1.29 is 0 Å². The number of rotatable bonds is 1. The molecule has 3 rings (SSSR count). The van der Waals surface area contributed by atoms with Crippen LogP contribution in [0.2, 0.25) is 0 Å². The third-order valence-corrected chi connectivity index (χ3v) is 3.31. The van der Waals surface area contributed by atoms with Gasteiger partial charge in [0.25, 0.3) is 0 Å². The van der Waals surface area contributed by atoms with Crippen LogP contribution >= 0.6 is 12.2 Å². The molecule has 1 aromatic heterocycles. The van der Waals surface area contributed by atoms with Crippen molar-refractivity contribution in [2.75, 3.05) is 0 Å². The van der Waals surface area contributed by atoms with Gasteiger partial charge in [0.15, 0.2) is 0 Å². The molecule has 1 N–H and O–H groups in total. The molecule has 0 aliphatic carbocycles. The number of aryl methyl sites for hydroxylation is 1. The zero-order chi connectivity index (χ0) is 11.8. The zero-order valence-electron chi connectivity index (χ0n) is 9.53. The van der Waals surface area contributed by atoms with E-state index in [9.17, 15) is 0 Å². The Morgan fingerprint density at radius 1 is 1.12 bits per heavy atom. The lowest BCUT2D eigenvalue weighted by Crippen LogP contribution is -1.94. The van der Waals surface area contributed by atoms with Gasteiger partial charge < -0.3 is 4.98 Å². The largest absolute Gasteiger partial charge is 0.343 e. The average molecular weight is 240 g/mol. The number of hydrogen-bond acceptors (Lipinski definition) is 2. The molecule has 3 aromatic rings. The minimum absolute atomic E-state index is 0.682. The first-order valence-electron chi connectivity index (χ1n) is 5.70. The van der Waals surface area contributed by atoms with E-state index in [0.29, 0.717) is 4.64 Å². The molecule has 0 saturated carbocycles. The topological polar surface area (TPSA) is 28.7 Å². The first-order valence-corrected chi connectivity index (χ1v) is 6.11. The molecular formula is C14H12N2S. The Hall–Kier alpha value is -1.74. The highest BCUT2D eigenvalue weighted by Gasteiger charge is 2.03. The summed E-state index contributed by atoms with van der Waals surface area (Å²) in [6.45, 7) is 2.07. The third kappa shape index (κ3) is 1.63. The van der Waals surface area contributed by atoms with Crippen LogP contribution < -0.4 is 0 Å². The third-order valence-electron chi connectivity index (χ3n) is 3.00. The van der Waals surface area contributed by atoms with Crippen molar-refractivity contribution >= 4 is 33.9 Å². The van der Waals surface area contributed by atoms with Crippen LogP contribution in [0.15, 0.2) is 36.4 Å². The molecule has 0 saturated heterocycles. The fraction of sp³-hybridized carbons (Fsp3) is 0.143. The summed E-state index contributed by atoms with van der Waals surface area (Å²) in [6.07, 6.45) is 0.864. The second kappa shape index (κ2) is 3.93. The first-order chi connectivity index (χ1) is 8.29. The molecule has 0 amide bonds. The highest BCUT2D eigenvalue weighted by molar-refractivity contribution is 7.71. The van der Waals surface area contributed by atoms with E-state index < -0.39 is 0 Å². The number of fused-ring (bicyclic) bond motifs is 3. The van der Waals surface area contributed by atoms with Crippen LogP contribution in [0, 0.1) is 4.64 Å². The van der Waals surface area contributed by atoms with Gasteiger partial charge in [-0.15, -0.1) is 0 Å². The molecule has 2 aromatic carbocycles. The first kappa shape index (κ1) is 10.4. The molecule has 0 aliphatic rings. The maximum Gasteiger partial charge on any atom is 0.137 e. The van der Waals surface area contributed by atoms with Gasteiger partial charge in [-0.1, -0.05) is 49.5 Å². The van der Waals surface area contributed by atoms with Crippen LogP contribution in [0.1, 0.15) is 12.7 Å². The molecule has 0 fully saturated rings. The Morgan fingerprint density at radius 2 is 1.94 bits per heavy atom. The van der Waals surface area contributed by atoms with Gasteiger partial charge in [0.2, 0.25) is 0 Å². The van der Waals surface area contributed by atoms with Gasteiger partial charge in [-0.3, -0.25) is 0 Å². The van der Waals surface area contributed by atoms with E-state index in [4.69, 9.17) is 12.2 Å². The van der Waals surface area contributed by atoms with Gasteiger partial charge in [0, 0.05) is 17.2 Å². The predicted molar refractivity (Wildman–Crippen MR) is 73.8 cm³/mol. The molecule has 0 aliphatic heterocycles. The Bertz CT molecular complexity index is 759. The normalized spacial score (nSPS) is 11.1. The lowest BCUT2D eigenvalue weighted by atomic mass is 10.1. The fourth-order valence-electron chi connectivity index (χ4n) is 2.11. The van der Waals surface area contributed by atoms with Crippen LogP contribution in [0.3, 0.4) is 0 Å². The van der Waals surface area contributed by atoms with E-state index >= 15 is 0 Å². The standard InChI is InChI=1S/C14H12N2S/c1-2-12-15-13-10-6-4-3-5-9(10)7-8-11(13)14(17)16-12/h3-8H,2H2,1H3,(H,15,16,17). The lowest BCUT2D eigenvalue weighted by Gasteiger charge is -2.06. The molecular weight excluding hydrogens is 228 g/mol. The second-order valence-electron chi connectivity index (χ2n) is 4.05. The molecule has 3 heteroatoms. The summed E-state index contributed by atoms with van der Waals surface area (Å²) >= 11 is 5.34. The smallest absolute Gasteiger partial charge is 0.137 e. The molecule has 0 unspecified atom stereocenters. The number of aromatic amines is 1. The van der Waals surface area contributed by atoms with Gasteiger partial charge in [-0.25, -0.2) is 4.98 Å². The highest BCUT2D eigenvalue weighted by atomic mass is 32.1.